The third-order valence-electron chi connectivity index (χ3n) is 5.61. The number of hydrogen-bond donors (Lipinski definition) is 3. The van der Waals surface area contributed by atoms with Gasteiger partial charge in [0.2, 0.25) is 5.91 Å². The molecule has 1 aromatic heterocycles. The Morgan fingerprint density at radius 3 is 2.55 bits per heavy atom. The summed E-state index contributed by atoms with van der Waals surface area (Å²) in [4.78, 5) is 34.0. The standard InChI is InChI=1S/C22H26ClN5O3/c1-15(21(29)24-17-4-7-19-20(14-17)26-22(30)25-19)28-10-8-27(9-11-28)12-13-31-18-5-2-16(23)3-6-18/h2-7,14-15H,8-13H2,1H3,(H,24,29)(H2,25,26,30). The second-order valence-corrected chi connectivity index (χ2v) is 8.12. The molecule has 9 heteroatoms. The van der Waals surface area contributed by atoms with E-state index in [0.717, 1.165) is 38.5 Å². The number of nitrogens with zero attached hydrogens (tertiary/aromatic N) is 2. The Labute approximate surface area is 185 Å². The van der Waals surface area contributed by atoms with E-state index < -0.39 is 0 Å². The zero-order valence-electron chi connectivity index (χ0n) is 17.4. The van der Waals surface area contributed by atoms with E-state index in [2.05, 4.69) is 25.1 Å². The molecule has 3 N–H and O–H groups in total. The zero-order chi connectivity index (χ0) is 21.8. The summed E-state index contributed by atoms with van der Waals surface area (Å²) in [5.74, 6) is 0.756. The zero-order valence-corrected chi connectivity index (χ0v) is 18.1. The fraction of sp³-hybridized carbons (Fsp3) is 0.364. The van der Waals surface area contributed by atoms with Gasteiger partial charge in [-0.3, -0.25) is 14.6 Å². The van der Waals surface area contributed by atoms with Crippen LogP contribution in [0.1, 0.15) is 6.92 Å². The number of fused-ring (bicyclic) bond motifs is 1. The lowest BCUT2D eigenvalue weighted by molar-refractivity contribution is -0.121. The number of piperazine rings is 1. The van der Waals surface area contributed by atoms with Crippen molar-refractivity contribution in [2.75, 3.05) is 44.6 Å². The van der Waals surface area contributed by atoms with Crippen LogP contribution < -0.4 is 15.7 Å². The SMILES string of the molecule is CC(C(=O)Nc1ccc2[nH]c(=O)[nH]c2c1)N1CCN(CCOc2ccc(Cl)cc2)CC1. The molecule has 2 heterocycles. The number of ether oxygens (including phenoxy) is 1. The van der Waals surface area contributed by atoms with Crippen LogP contribution in [0.5, 0.6) is 5.75 Å². The van der Waals surface area contributed by atoms with Crippen molar-refractivity contribution in [2.24, 2.45) is 0 Å². The smallest absolute Gasteiger partial charge is 0.323 e. The fourth-order valence-electron chi connectivity index (χ4n) is 3.72. The van der Waals surface area contributed by atoms with E-state index in [1.54, 1.807) is 18.2 Å². The van der Waals surface area contributed by atoms with Gasteiger partial charge in [-0.25, -0.2) is 4.79 Å². The summed E-state index contributed by atoms with van der Waals surface area (Å²) in [5, 5.41) is 3.64. The summed E-state index contributed by atoms with van der Waals surface area (Å²) >= 11 is 5.89. The molecule has 0 saturated carbocycles. The van der Waals surface area contributed by atoms with Gasteiger partial charge in [-0.1, -0.05) is 11.6 Å². The second-order valence-electron chi connectivity index (χ2n) is 7.68. The molecule has 1 amide bonds. The van der Waals surface area contributed by atoms with E-state index in [4.69, 9.17) is 16.3 Å². The van der Waals surface area contributed by atoms with E-state index in [9.17, 15) is 9.59 Å². The number of rotatable bonds is 7. The van der Waals surface area contributed by atoms with Crippen molar-refractivity contribution in [1.82, 2.24) is 19.8 Å². The third kappa shape index (κ3) is 5.46. The Morgan fingerprint density at radius 2 is 1.81 bits per heavy atom. The average Bonchev–Trinajstić information content (AvgIpc) is 3.14. The Bertz CT molecular complexity index is 1090. The number of nitrogens with one attached hydrogen (secondary N) is 3. The van der Waals surface area contributed by atoms with Crippen LogP contribution in [0.3, 0.4) is 0 Å². The van der Waals surface area contributed by atoms with Crippen molar-refractivity contribution in [1.29, 1.82) is 0 Å². The van der Waals surface area contributed by atoms with Crippen LogP contribution in [0, 0.1) is 0 Å². The van der Waals surface area contributed by atoms with Crippen molar-refractivity contribution in [3.05, 3.63) is 58.0 Å². The number of benzene rings is 2. The summed E-state index contributed by atoms with van der Waals surface area (Å²) in [6.07, 6.45) is 0. The van der Waals surface area contributed by atoms with E-state index >= 15 is 0 Å². The fourth-order valence-corrected chi connectivity index (χ4v) is 3.85. The molecular formula is C22H26ClN5O3. The molecule has 3 aromatic rings. The summed E-state index contributed by atoms with van der Waals surface area (Å²) in [6, 6.07) is 12.5. The maximum Gasteiger partial charge on any atom is 0.323 e. The van der Waals surface area contributed by atoms with Crippen LogP contribution >= 0.6 is 11.6 Å². The lowest BCUT2D eigenvalue weighted by atomic mass is 10.2. The van der Waals surface area contributed by atoms with Crippen LogP contribution in [0.2, 0.25) is 5.02 Å². The molecule has 1 atom stereocenters. The number of anilines is 1. The summed E-state index contributed by atoms with van der Waals surface area (Å²) < 4.78 is 5.77. The highest BCUT2D eigenvalue weighted by Crippen LogP contribution is 2.17. The highest BCUT2D eigenvalue weighted by Gasteiger charge is 2.25. The Morgan fingerprint density at radius 1 is 1.10 bits per heavy atom. The molecule has 8 nitrogen and oxygen atoms in total. The van der Waals surface area contributed by atoms with Crippen molar-refractivity contribution >= 4 is 34.2 Å². The molecule has 1 aliphatic heterocycles. The van der Waals surface area contributed by atoms with Gasteiger partial charge in [-0.2, -0.15) is 0 Å². The molecule has 1 saturated heterocycles. The predicted octanol–water partition coefficient (Wildman–Crippen LogP) is 2.53. The van der Waals surface area contributed by atoms with Crippen molar-refractivity contribution in [3.63, 3.8) is 0 Å². The van der Waals surface area contributed by atoms with Gasteiger partial charge >= 0.3 is 5.69 Å². The minimum atomic E-state index is -0.261. The first kappa shape index (κ1) is 21.4. The molecule has 31 heavy (non-hydrogen) atoms. The van der Waals surface area contributed by atoms with Crippen molar-refractivity contribution in [3.8, 4) is 5.75 Å². The first-order valence-corrected chi connectivity index (χ1v) is 10.7. The minimum Gasteiger partial charge on any atom is -0.492 e. The van der Waals surface area contributed by atoms with Crippen LogP contribution in [0.25, 0.3) is 11.0 Å². The van der Waals surface area contributed by atoms with Crippen LogP contribution in [-0.2, 0) is 4.79 Å². The topological polar surface area (TPSA) is 93.5 Å². The Hall–Kier alpha value is -2.81. The highest BCUT2D eigenvalue weighted by molar-refractivity contribution is 6.30. The van der Waals surface area contributed by atoms with Gasteiger partial charge in [0.15, 0.2) is 0 Å². The van der Waals surface area contributed by atoms with Gasteiger partial charge in [-0.15, -0.1) is 0 Å². The lowest BCUT2D eigenvalue weighted by Crippen LogP contribution is -2.53. The maximum atomic E-state index is 12.7. The van der Waals surface area contributed by atoms with Crippen LogP contribution in [0.15, 0.2) is 47.3 Å². The number of hydrogen-bond acceptors (Lipinski definition) is 5. The van der Waals surface area contributed by atoms with Gasteiger partial charge in [0.25, 0.3) is 0 Å². The number of aromatic nitrogens is 2. The van der Waals surface area contributed by atoms with Crippen LogP contribution in [0.4, 0.5) is 5.69 Å². The number of halogens is 1. The number of aromatic amines is 2. The largest absolute Gasteiger partial charge is 0.492 e. The number of amides is 1. The number of imidazole rings is 1. The highest BCUT2D eigenvalue weighted by atomic mass is 35.5. The molecule has 1 fully saturated rings. The van der Waals surface area contributed by atoms with Gasteiger partial charge in [0.1, 0.15) is 12.4 Å². The van der Waals surface area contributed by atoms with E-state index in [1.807, 2.05) is 31.2 Å². The third-order valence-corrected chi connectivity index (χ3v) is 5.86. The Balaban J connectivity index is 1.22. The van der Waals surface area contributed by atoms with Gasteiger partial charge < -0.3 is 20.0 Å². The first-order chi connectivity index (χ1) is 15.0. The monoisotopic (exact) mass is 443 g/mol. The quantitative estimate of drug-likeness (QED) is 0.521. The van der Waals surface area contributed by atoms with Crippen LogP contribution in [-0.4, -0.2) is 71.0 Å². The lowest BCUT2D eigenvalue weighted by Gasteiger charge is -2.37. The van der Waals surface area contributed by atoms with E-state index in [1.165, 1.54) is 0 Å². The molecule has 0 aliphatic carbocycles. The molecule has 164 valence electrons. The molecule has 0 bridgehead atoms. The normalized spacial score (nSPS) is 16.3. The summed E-state index contributed by atoms with van der Waals surface area (Å²) in [5.41, 5.74) is 1.79. The first-order valence-electron chi connectivity index (χ1n) is 10.4. The predicted molar refractivity (Wildman–Crippen MR) is 122 cm³/mol. The molecule has 4 rings (SSSR count). The molecule has 1 unspecified atom stereocenters. The molecular weight excluding hydrogens is 418 g/mol. The molecule has 1 aliphatic rings. The second kappa shape index (κ2) is 9.55. The summed E-state index contributed by atoms with van der Waals surface area (Å²) in [7, 11) is 0. The molecule has 0 spiro atoms. The average molecular weight is 444 g/mol. The van der Waals surface area contributed by atoms with Gasteiger partial charge in [-0.05, 0) is 49.4 Å². The van der Waals surface area contributed by atoms with E-state index in [0.29, 0.717) is 28.4 Å². The molecule has 2 aromatic carbocycles. The minimum absolute atomic E-state index is 0.0586. The van der Waals surface area contributed by atoms with E-state index in [-0.39, 0.29) is 17.6 Å². The Kier molecular flexibility index (Phi) is 6.60. The van der Waals surface area contributed by atoms with Gasteiger partial charge in [0, 0.05) is 43.4 Å². The maximum absolute atomic E-state index is 12.7. The summed E-state index contributed by atoms with van der Waals surface area (Å²) in [6.45, 7) is 6.79. The molecule has 0 radical (unpaired) electrons. The number of carbonyl (C=O) groups is 1. The van der Waals surface area contributed by atoms with Crippen molar-refractivity contribution < 1.29 is 9.53 Å². The van der Waals surface area contributed by atoms with Gasteiger partial charge in [0.05, 0.1) is 17.1 Å². The number of H-pyrrole nitrogens is 2. The number of carbonyl (C=O) groups excluding carboxylic acids is 1. The van der Waals surface area contributed by atoms with Crippen molar-refractivity contribution in [2.45, 2.75) is 13.0 Å².